The molecule has 3 heterocycles. The van der Waals surface area contributed by atoms with Gasteiger partial charge in [-0.1, -0.05) is 6.07 Å². The molecule has 0 aliphatic rings. The molecule has 4 aromatic rings. The molecule has 0 bridgehead atoms. The van der Waals surface area contributed by atoms with Gasteiger partial charge in [-0.15, -0.1) is 11.3 Å². The number of nitrogen functional groups attached to an aromatic ring is 1. The maximum atomic E-state index is 6.09. The van der Waals surface area contributed by atoms with Crippen molar-refractivity contribution in [1.29, 1.82) is 0 Å². The van der Waals surface area contributed by atoms with Crippen LogP contribution >= 0.6 is 11.3 Å². The van der Waals surface area contributed by atoms with Gasteiger partial charge in [0.25, 0.3) is 0 Å². The third kappa shape index (κ3) is 2.47. The third-order valence-corrected chi connectivity index (χ3v) is 4.71. The summed E-state index contributed by atoms with van der Waals surface area (Å²) in [4.78, 5) is 14.2. The molecule has 6 heteroatoms. The number of thiophene rings is 1. The fourth-order valence-electron chi connectivity index (χ4n) is 2.62. The molecule has 0 fully saturated rings. The summed E-state index contributed by atoms with van der Waals surface area (Å²) in [7, 11) is 1.65. The minimum Gasteiger partial charge on any atom is -0.497 e. The first kappa shape index (κ1) is 14.6. The predicted octanol–water partition coefficient (Wildman–Crippen LogP) is 4.01. The number of nitrogens with zero attached hydrogens (tertiary/aromatic N) is 3. The van der Waals surface area contributed by atoms with Crippen molar-refractivity contribution in [3.8, 4) is 27.4 Å². The normalized spacial score (nSPS) is 10.9. The average Bonchev–Trinajstić information content (AvgIpc) is 3.16. The van der Waals surface area contributed by atoms with E-state index in [1.54, 1.807) is 18.4 Å². The number of anilines is 1. The lowest BCUT2D eigenvalue weighted by atomic mass is 10.0. The molecule has 118 valence electrons. The largest absolute Gasteiger partial charge is 0.497 e. The molecule has 24 heavy (non-hydrogen) atoms. The number of aromatic nitrogens is 3. The van der Waals surface area contributed by atoms with E-state index in [0.29, 0.717) is 11.5 Å². The molecule has 0 saturated heterocycles. The summed E-state index contributed by atoms with van der Waals surface area (Å²) in [6.45, 7) is 0. The first-order valence-electron chi connectivity index (χ1n) is 7.36. The van der Waals surface area contributed by atoms with Crippen molar-refractivity contribution in [2.45, 2.75) is 0 Å². The van der Waals surface area contributed by atoms with E-state index >= 15 is 0 Å². The number of hydrogen-bond donors (Lipinski definition) is 1. The molecule has 0 atom stereocenters. The van der Waals surface area contributed by atoms with Crippen LogP contribution in [0, 0.1) is 0 Å². The van der Waals surface area contributed by atoms with Crippen molar-refractivity contribution in [2.24, 2.45) is 0 Å². The molecule has 0 spiro atoms. The summed E-state index contributed by atoms with van der Waals surface area (Å²) < 4.78 is 5.22. The summed E-state index contributed by atoms with van der Waals surface area (Å²) in [5.74, 6) is 1.25. The molecule has 4 rings (SSSR count). The van der Waals surface area contributed by atoms with E-state index in [1.165, 1.54) is 6.33 Å². The van der Waals surface area contributed by atoms with Crippen LogP contribution in [0.2, 0.25) is 0 Å². The van der Waals surface area contributed by atoms with E-state index in [-0.39, 0.29) is 0 Å². The van der Waals surface area contributed by atoms with Crippen LogP contribution in [0.1, 0.15) is 0 Å². The van der Waals surface area contributed by atoms with Gasteiger partial charge in [-0.3, -0.25) is 0 Å². The van der Waals surface area contributed by atoms with Crippen LogP contribution in [0.3, 0.4) is 0 Å². The number of benzene rings is 1. The van der Waals surface area contributed by atoms with Crippen molar-refractivity contribution in [3.05, 3.63) is 54.2 Å². The number of hydrogen-bond acceptors (Lipinski definition) is 6. The third-order valence-electron chi connectivity index (χ3n) is 3.81. The Bertz CT molecular complexity index is 998. The molecule has 3 aromatic heterocycles. The first-order valence-corrected chi connectivity index (χ1v) is 8.24. The van der Waals surface area contributed by atoms with Gasteiger partial charge in [-0.25, -0.2) is 15.0 Å². The zero-order chi connectivity index (χ0) is 16.5. The van der Waals surface area contributed by atoms with Crippen LogP contribution < -0.4 is 10.5 Å². The molecule has 0 aliphatic heterocycles. The molecule has 0 unspecified atom stereocenters. The lowest BCUT2D eigenvalue weighted by Crippen LogP contribution is -1.98. The Hall–Kier alpha value is -2.99. The number of pyridine rings is 1. The molecule has 0 radical (unpaired) electrons. The van der Waals surface area contributed by atoms with Crippen LogP contribution in [0.15, 0.2) is 54.2 Å². The van der Waals surface area contributed by atoms with E-state index in [4.69, 9.17) is 10.5 Å². The maximum Gasteiger partial charge on any atom is 0.165 e. The van der Waals surface area contributed by atoms with E-state index in [0.717, 1.165) is 32.8 Å². The molecule has 1 aromatic carbocycles. The SMILES string of the molecule is COc1ccc(-c2cc(-c3cccs3)c3c(N)ncnc3n2)cc1. The van der Waals surface area contributed by atoms with Crippen molar-refractivity contribution >= 4 is 28.2 Å². The highest BCUT2D eigenvalue weighted by Gasteiger charge is 2.14. The number of methoxy groups -OCH3 is 1. The summed E-state index contributed by atoms with van der Waals surface area (Å²) in [6, 6.07) is 13.9. The van der Waals surface area contributed by atoms with Gasteiger partial charge in [0, 0.05) is 16.0 Å². The Labute approximate surface area is 142 Å². The predicted molar refractivity (Wildman–Crippen MR) is 97.0 cm³/mol. The van der Waals surface area contributed by atoms with E-state index in [1.807, 2.05) is 41.8 Å². The smallest absolute Gasteiger partial charge is 0.165 e. The van der Waals surface area contributed by atoms with Crippen molar-refractivity contribution in [3.63, 3.8) is 0 Å². The van der Waals surface area contributed by atoms with Crippen molar-refractivity contribution in [2.75, 3.05) is 12.8 Å². The second kappa shape index (κ2) is 5.90. The second-order valence-electron chi connectivity index (χ2n) is 5.22. The number of nitrogens with two attached hydrogens (primary N) is 1. The highest BCUT2D eigenvalue weighted by Crippen LogP contribution is 2.35. The van der Waals surface area contributed by atoms with Crippen LogP contribution in [0.4, 0.5) is 5.82 Å². The van der Waals surface area contributed by atoms with E-state index in [9.17, 15) is 0 Å². The van der Waals surface area contributed by atoms with Crippen LogP contribution in [0.25, 0.3) is 32.7 Å². The van der Waals surface area contributed by atoms with Gasteiger partial charge in [0.2, 0.25) is 0 Å². The van der Waals surface area contributed by atoms with Crippen molar-refractivity contribution < 1.29 is 4.74 Å². The molecular weight excluding hydrogens is 320 g/mol. The summed E-state index contributed by atoms with van der Waals surface area (Å²) in [6.07, 6.45) is 1.45. The molecule has 0 saturated carbocycles. The van der Waals surface area contributed by atoms with Gasteiger partial charge < -0.3 is 10.5 Å². The molecular formula is C18H14N4OS. The number of ether oxygens (including phenoxy) is 1. The van der Waals surface area contributed by atoms with Gasteiger partial charge in [-0.05, 0) is 41.8 Å². The van der Waals surface area contributed by atoms with Gasteiger partial charge in [-0.2, -0.15) is 0 Å². The topological polar surface area (TPSA) is 73.9 Å². The summed E-state index contributed by atoms with van der Waals surface area (Å²) >= 11 is 1.65. The highest BCUT2D eigenvalue weighted by atomic mass is 32.1. The second-order valence-corrected chi connectivity index (χ2v) is 6.17. The summed E-state index contributed by atoms with van der Waals surface area (Å²) in [5, 5.41) is 2.83. The van der Waals surface area contributed by atoms with E-state index in [2.05, 4.69) is 21.0 Å². The van der Waals surface area contributed by atoms with E-state index < -0.39 is 0 Å². The van der Waals surface area contributed by atoms with Crippen molar-refractivity contribution in [1.82, 2.24) is 15.0 Å². The minimum atomic E-state index is 0.442. The fourth-order valence-corrected chi connectivity index (χ4v) is 3.37. The zero-order valence-corrected chi connectivity index (χ0v) is 13.7. The number of fused-ring (bicyclic) bond motifs is 1. The Balaban J connectivity index is 1.97. The molecule has 2 N–H and O–H groups in total. The minimum absolute atomic E-state index is 0.442. The first-order chi connectivity index (χ1) is 11.8. The summed E-state index contributed by atoms with van der Waals surface area (Å²) in [5.41, 5.74) is 9.51. The molecule has 0 aliphatic carbocycles. The van der Waals surface area contributed by atoms with Crippen LogP contribution in [0.5, 0.6) is 5.75 Å². The fraction of sp³-hybridized carbons (Fsp3) is 0.0556. The lowest BCUT2D eigenvalue weighted by Gasteiger charge is -2.10. The Morgan fingerprint density at radius 3 is 2.62 bits per heavy atom. The molecule has 5 nitrogen and oxygen atoms in total. The highest BCUT2D eigenvalue weighted by molar-refractivity contribution is 7.13. The quantitative estimate of drug-likeness (QED) is 0.613. The Morgan fingerprint density at radius 2 is 1.92 bits per heavy atom. The number of rotatable bonds is 3. The van der Waals surface area contributed by atoms with Gasteiger partial charge in [0.1, 0.15) is 17.9 Å². The Morgan fingerprint density at radius 1 is 1.08 bits per heavy atom. The maximum absolute atomic E-state index is 6.09. The lowest BCUT2D eigenvalue weighted by molar-refractivity contribution is 0.415. The van der Waals surface area contributed by atoms with Gasteiger partial charge in [0.05, 0.1) is 18.2 Å². The van der Waals surface area contributed by atoms with Gasteiger partial charge in [0.15, 0.2) is 5.65 Å². The van der Waals surface area contributed by atoms with Gasteiger partial charge >= 0.3 is 0 Å². The van der Waals surface area contributed by atoms with Crippen LogP contribution in [-0.4, -0.2) is 22.1 Å². The zero-order valence-electron chi connectivity index (χ0n) is 12.9. The average molecular weight is 334 g/mol. The monoisotopic (exact) mass is 334 g/mol. The Kier molecular flexibility index (Phi) is 3.59. The standard InChI is InChI=1S/C18H14N4OS/c1-23-12-6-4-11(5-7-12)14-9-13(15-3-2-8-24-15)16-17(19)20-10-21-18(16)22-14/h2-10H,1H3,(H2,19,20,21,22). The molecule has 0 amide bonds. The van der Waals surface area contributed by atoms with Crippen LogP contribution in [-0.2, 0) is 0 Å².